The molecule has 0 atom stereocenters. The summed E-state index contributed by atoms with van der Waals surface area (Å²) in [6, 6.07) is 3.46. The number of benzene rings is 1. The van der Waals surface area contributed by atoms with Gasteiger partial charge in [0, 0.05) is 17.1 Å². The number of nitrogen functional groups attached to an aromatic ring is 1. The largest absolute Gasteiger partial charge is 0.398 e. The number of rotatable bonds is 2. The third-order valence-corrected chi connectivity index (χ3v) is 2.16. The molecule has 0 radical (unpaired) electrons. The van der Waals surface area contributed by atoms with Gasteiger partial charge in [0.2, 0.25) is 0 Å². The smallest absolute Gasteiger partial charge is 0.190 e. The number of carbonyl (C=O) groups is 1. The van der Waals surface area contributed by atoms with Gasteiger partial charge in [0.25, 0.3) is 0 Å². The predicted molar refractivity (Wildman–Crippen MR) is 58.3 cm³/mol. The fourth-order valence-corrected chi connectivity index (χ4v) is 1.60. The Morgan fingerprint density at radius 2 is 2.23 bits per heavy atom. The Balaban J connectivity index is 3.12. The highest BCUT2D eigenvalue weighted by Gasteiger charge is 2.06. The van der Waals surface area contributed by atoms with E-state index >= 15 is 0 Å². The molecule has 0 bridgehead atoms. The van der Waals surface area contributed by atoms with Crippen molar-refractivity contribution in [2.75, 3.05) is 5.73 Å². The molecule has 1 rings (SSSR count). The first-order valence-electron chi connectivity index (χ1n) is 3.77. The summed E-state index contributed by atoms with van der Waals surface area (Å²) in [7, 11) is 0. The van der Waals surface area contributed by atoms with E-state index < -0.39 is 0 Å². The molecule has 0 heterocycles. The highest BCUT2D eigenvalue weighted by Crippen LogP contribution is 2.23. The van der Waals surface area contributed by atoms with Gasteiger partial charge in [-0.2, -0.15) is 0 Å². The van der Waals surface area contributed by atoms with Crippen LogP contribution >= 0.6 is 24.2 Å². The van der Waals surface area contributed by atoms with E-state index in [0.29, 0.717) is 10.7 Å². The molecule has 0 unspecified atom stereocenters. The van der Waals surface area contributed by atoms with E-state index in [9.17, 15) is 4.79 Å². The summed E-state index contributed by atoms with van der Waals surface area (Å²) < 4.78 is 0. The van der Waals surface area contributed by atoms with Crippen molar-refractivity contribution in [2.24, 2.45) is 0 Å². The molecule has 0 aliphatic carbocycles. The average molecular weight is 216 g/mol. The van der Waals surface area contributed by atoms with Crippen molar-refractivity contribution in [3.05, 3.63) is 28.3 Å². The van der Waals surface area contributed by atoms with Crippen LogP contribution in [0.5, 0.6) is 0 Å². The Bertz CT molecular complexity index is 352. The van der Waals surface area contributed by atoms with Crippen LogP contribution in [0.2, 0.25) is 5.02 Å². The van der Waals surface area contributed by atoms with Crippen LogP contribution in [0.3, 0.4) is 0 Å². The molecule has 0 fully saturated rings. The Labute approximate surface area is 87.5 Å². The van der Waals surface area contributed by atoms with Crippen molar-refractivity contribution < 1.29 is 4.79 Å². The van der Waals surface area contributed by atoms with Crippen LogP contribution in [0.1, 0.15) is 11.1 Å². The van der Waals surface area contributed by atoms with Crippen LogP contribution in [0.15, 0.2) is 12.1 Å². The maximum absolute atomic E-state index is 10.8. The maximum Gasteiger partial charge on any atom is 0.190 e. The SMILES string of the molecule is Cc1cc(Cl)cc(CC(=O)S)c1N. The minimum Gasteiger partial charge on any atom is -0.398 e. The summed E-state index contributed by atoms with van der Waals surface area (Å²) in [5.41, 5.74) is 8.00. The number of thiol groups is 1. The highest BCUT2D eigenvalue weighted by atomic mass is 35.5. The van der Waals surface area contributed by atoms with Crippen LogP contribution in [-0.2, 0) is 11.2 Å². The lowest BCUT2D eigenvalue weighted by molar-refractivity contribution is -0.110. The van der Waals surface area contributed by atoms with Gasteiger partial charge in [-0.05, 0) is 30.2 Å². The molecule has 0 amide bonds. The first kappa shape index (κ1) is 10.4. The van der Waals surface area contributed by atoms with Crippen LogP contribution in [0.4, 0.5) is 5.69 Å². The molecule has 13 heavy (non-hydrogen) atoms. The standard InChI is InChI=1S/C9H10ClNOS/c1-5-2-7(10)3-6(9(5)11)4-8(12)13/h2-3H,4,11H2,1H3,(H,12,13). The predicted octanol–water partition coefficient (Wildman–Crippen LogP) is 2.23. The van der Waals surface area contributed by atoms with Gasteiger partial charge < -0.3 is 5.73 Å². The Morgan fingerprint density at radius 3 is 2.77 bits per heavy atom. The van der Waals surface area contributed by atoms with Gasteiger partial charge >= 0.3 is 0 Å². The minimum absolute atomic E-state index is 0.214. The van der Waals surface area contributed by atoms with Crippen LogP contribution in [-0.4, -0.2) is 5.12 Å². The van der Waals surface area contributed by atoms with E-state index in [1.165, 1.54) is 0 Å². The third kappa shape index (κ3) is 2.64. The van der Waals surface area contributed by atoms with E-state index in [1.807, 2.05) is 6.92 Å². The fraction of sp³-hybridized carbons (Fsp3) is 0.222. The monoisotopic (exact) mass is 215 g/mol. The number of nitrogens with two attached hydrogens (primary N) is 1. The lowest BCUT2D eigenvalue weighted by Crippen LogP contribution is -2.01. The first-order valence-corrected chi connectivity index (χ1v) is 4.59. The maximum atomic E-state index is 10.8. The molecular weight excluding hydrogens is 206 g/mol. The zero-order valence-electron chi connectivity index (χ0n) is 7.17. The summed E-state index contributed by atoms with van der Waals surface area (Å²) in [6.07, 6.45) is 0.219. The number of hydrogen-bond acceptors (Lipinski definition) is 2. The van der Waals surface area contributed by atoms with Crippen LogP contribution in [0, 0.1) is 6.92 Å². The fourth-order valence-electron chi connectivity index (χ4n) is 1.13. The lowest BCUT2D eigenvalue weighted by atomic mass is 10.1. The van der Waals surface area contributed by atoms with E-state index in [0.717, 1.165) is 11.1 Å². The summed E-state index contributed by atoms with van der Waals surface area (Å²) in [4.78, 5) is 10.8. The highest BCUT2D eigenvalue weighted by molar-refractivity contribution is 7.96. The second kappa shape index (κ2) is 4.03. The molecule has 0 spiro atoms. The van der Waals surface area contributed by atoms with E-state index in [2.05, 4.69) is 12.6 Å². The summed E-state index contributed by atoms with van der Waals surface area (Å²) in [6.45, 7) is 1.85. The van der Waals surface area contributed by atoms with Gasteiger partial charge in [-0.1, -0.05) is 11.6 Å². The first-order chi connectivity index (χ1) is 6.00. The number of hydrogen-bond donors (Lipinski definition) is 2. The van der Waals surface area contributed by atoms with Crippen LogP contribution in [0.25, 0.3) is 0 Å². The molecule has 2 N–H and O–H groups in total. The molecule has 70 valence electrons. The van der Waals surface area contributed by atoms with Gasteiger partial charge in [-0.15, -0.1) is 12.6 Å². The summed E-state index contributed by atoms with van der Waals surface area (Å²) in [5, 5.41) is 0.379. The number of halogens is 1. The topological polar surface area (TPSA) is 43.1 Å². The van der Waals surface area contributed by atoms with Gasteiger partial charge in [-0.3, -0.25) is 4.79 Å². The van der Waals surface area contributed by atoms with Crippen molar-refractivity contribution in [2.45, 2.75) is 13.3 Å². The third-order valence-electron chi connectivity index (χ3n) is 1.78. The van der Waals surface area contributed by atoms with E-state index in [-0.39, 0.29) is 11.5 Å². The Hall–Kier alpha value is -0.670. The molecule has 0 aromatic heterocycles. The molecule has 0 aliphatic heterocycles. The lowest BCUT2D eigenvalue weighted by Gasteiger charge is -2.07. The average Bonchev–Trinajstić information content (AvgIpc) is 1.98. The van der Waals surface area contributed by atoms with Crippen LogP contribution < -0.4 is 5.73 Å². The molecule has 0 saturated carbocycles. The van der Waals surface area contributed by atoms with E-state index in [4.69, 9.17) is 17.3 Å². The van der Waals surface area contributed by atoms with E-state index in [1.54, 1.807) is 12.1 Å². The van der Waals surface area contributed by atoms with Gasteiger partial charge in [0.05, 0.1) is 0 Å². The molecule has 1 aromatic carbocycles. The van der Waals surface area contributed by atoms with Crippen molar-refractivity contribution in [1.82, 2.24) is 0 Å². The number of anilines is 1. The van der Waals surface area contributed by atoms with Crippen molar-refractivity contribution in [1.29, 1.82) is 0 Å². The summed E-state index contributed by atoms with van der Waals surface area (Å²) >= 11 is 9.50. The van der Waals surface area contributed by atoms with Crippen molar-refractivity contribution >= 4 is 35.0 Å². The zero-order valence-corrected chi connectivity index (χ0v) is 8.82. The minimum atomic E-state index is -0.214. The van der Waals surface area contributed by atoms with Crippen molar-refractivity contribution in [3.8, 4) is 0 Å². The molecular formula is C9H10ClNOS. The van der Waals surface area contributed by atoms with Gasteiger partial charge in [0.15, 0.2) is 5.12 Å². The second-order valence-corrected chi connectivity index (χ2v) is 3.80. The molecule has 4 heteroatoms. The Morgan fingerprint density at radius 1 is 1.62 bits per heavy atom. The van der Waals surface area contributed by atoms with Crippen molar-refractivity contribution in [3.63, 3.8) is 0 Å². The number of carbonyl (C=O) groups excluding carboxylic acids is 1. The quantitative estimate of drug-likeness (QED) is 0.587. The molecule has 0 aliphatic rings. The summed E-state index contributed by atoms with van der Waals surface area (Å²) in [5.74, 6) is 0. The molecule has 0 saturated heterocycles. The van der Waals surface area contributed by atoms with Gasteiger partial charge in [0.1, 0.15) is 0 Å². The number of aryl methyl sites for hydroxylation is 1. The van der Waals surface area contributed by atoms with Gasteiger partial charge in [-0.25, -0.2) is 0 Å². The normalized spacial score (nSPS) is 10.1. The molecule has 2 nitrogen and oxygen atoms in total. The Kier molecular flexibility index (Phi) is 3.22. The zero-order chi connectivity index (χ0) is 10.0. The molecule has 1 aromatic rings. The second-order valence-electron chi connectivity index (χ2n) is 2.87.